The van der Waals surface area contributed by atoms with Gasteiger partial charge in [0.1, 0.15) is 17.3 Å². The van der Waals surface area contributed by atoms with Gasteiger partial charge in [-0.1, -0.05) is 44.4 Å². The van der Waals surface area contributed by atoms with Gasteiger partial charge in [-0.05, 0) is 36.2 Å². The summed E-state index contributed by atoms with van der Waals surface area (Å²) in [4.78, 5) is 11.6. The van der Waals surface area contributed by atoms with Crippen molar-refractivity contribution in [3.63, 3.8) is 0 Å². The van der Waals surface area contributed by atoms with Crippen LogP contribution < -0.4 is 5.32 Å². The van der Waals surface area contributed by atoms with Crippen LogP contribution in [0.2, 0.25) is 0 Å². The highest BCUT2D eigenvalue weighted by Gasteiger charge is 2.13. The first kappa shape index (κ1) is 21.6. The zero-order chi connectivity index (χ0) is 21.5. The van der Waals surface area contributed by atoms with Gasteiger partial charge in [-0.2, -0.15) is 0 Å². The van der Waals surface area contributed by atoms with Crippen LogP contribution in [0.3, 0.4) is 0 Å². The molecule has 0 amide bonds. The monoisotopic (exact) mass is 412 g/mol. The van der Waals surface area contributed by atoms with Crippen molar-refractivity contribution < 1.29 is 18.7 Å². The number of halogens is 2. The van der Waals surface area contributed by atoms with E-state index >= 15 is 0 Å². The normalized spacial score (nSPS) is 10.9. The van der Waals surface area contributed by atoms with Crippen molar-refractivity contribution in [2.45, 2.75) is 45.7 Å². The number of anilines is 1. The lowest BCUT2D eigenvalue weighted by Gasteiger charge is -2.08. The molecule has 0 saturated carbocycles. The second-order valence-corrected chi connectivity index (χ2v) is 7.34. The van der Waals surface area contributed by atoms with Crippen LogP contribution in [0.15, 0.2) is 54.7 Å². The number of nitrogens with one attached hydrogen (secondary N) is 1. The van der Waals surface area contributed by atoms with Crippen molar-refractivity contribution in [3.05, 3.63) is 77.6 Å². The van der Waals surface area contributed by atoms with E-state index in [1.54, 1.807) is 10.6 Å². The highest BCUT2D eigenvalue weighted by molar-refractivity contribution is 5.88. The standard InChI is InChI=1S/C24H26F2N2O2/c1-2-3-4-5-12-28-16-19(13-23(28)24(29)30)17-7-10-21(11-8-17)27-15-18-6-9-20(25)14-22(18)26/h6-11,13-14,16,27H,2-5,12,15H2,1H3,(H,29,30). The molecular weight excluding hydrogens is 386 g/mol. The Balaban J connectivity index is 1.68. The zero-order valence-electron chi connectivity index (χ0n) is 17.0. The molecule has 0 fully saturated rings. The number of unbranched alkanes of at least 4 members (excludes halogenated alkanes) is 3. The molecule has 2 aromatic carbocycles. The van der Waals surface area contributed by atoms with E-state index < -0.39 is 17.6 Å². The lowest BCUT2D eigenvalue weighted by Crippen LogP contribution is -2.07. The lowest BCUT2D eigenvalue weighted by atomic mass is 10.1. The van der Waals surface area contributed by atoms with Crippen LogP contribution in [0.5, 0.6) is 0 Å². The first-order valence-electron chi connectivity index (χ1n) is 10.2. The minimum atomic E-state index is -0.934. The average Bonchev–Trinajstić information content (AvgIpc) is 3.15. The third-order valence-electron chi connectivity index (χ3n) is 5.08. The maximum absolute atomic E-state index is 13.7. The van der Waals surface area contributed by atoms with E-state index in [0.29, 0.717) is 12.1 Å². The second kappa shape index (κ2) is 10.1. The number of aryl methyl sites for hydroxylation is 1. The van der Waals surface area contributed by atoms with Crippen LogP contribution in [-0.4, -0.2) is 15.6 Å². The molecule has 0 aliphatic rings. The highest BCUT2D eigenvalue weighted by atomic mass is 19.1. The molecular formula is C24H26F2N2O2. The molecule has 6 heteroatoms. The topological polar surface area (TPSA) is 54.3 Å². The van der Waals surface area contributed by atoms with Crippen molar-refractivity contribution in [2.24, 2.45) is 0 Å². The zero-order valence-corrected chi connectivity index (χ0v) is 17.0. The molecule has 0 spiro atoms. The van der Waals surface area contributed by atoms with E-state index in [2.05, 4.69) is 12.2 Å². The number of aromatic nitrogens is 1. The summed E-state index contributed by atoms with van der Waals surface area (Å²) in [6, 6.07) is 12.7. The Hall–Kier alpha value is -3.15. The first-order valence-corrected chi connectivity index (χ1v) is 10.2. The molecule has 3 rings (SSSR count). The smallest absolute Gasteiger partial charge is 0.352 e. The summed E-state index contributed by atoms with van der Waals surface area (Å²) < 4.78 is 28.5. The molecule has 2 N–H and O–H groups in total. The second-order valence-electron chi connectivity index (χ2n) is 7.34. The number of carboxylic acids is 1. The van der Waals surface area contributed by atoms with Gasteiger partial charge in [0.15, 0.2) is 0 Å². The molecule has 0 bridgehead atoms. The summed E-state index contributed by atoms with van der Waals surface area (Å²) in [5.41, 5.74) is 3.21. The molecule has 0 aliphatic heterocycles. The van der Waals surface area contributed by atoms with E-state index in [-0.39, 0.29) is 12.2 Å². The number of aromatic carboxylic acids is 1. The Labute approximate surface area is 175 Å². The molecule has 0 atom stereocenters. The number of hydrogen-bond donors (Lipinski definition) is 2. The summed E-state index contributed by atoms with van der Waals surface area (Å²) >= 11 is 0. The molecule has 0 unspecified atom stereocenters. The summed E-state index contributed by atoms with van der Waals surface area (Å²) in [6.07, 6.45) is 6.19. The van der Waals surface area contributed by atoms with Crippen LogP contribution in [0, 0.1) is 11.6 Å². The Morgan fingerprint density at radius 1 is 1.00 bits per heavy atom. The lowest BCUT2D eigenvalue weighted by molar-refractivity contribution is 0.0685. The van der Waals surface area contributed by atoms with Gasteiger partial charge >= 0.3 is 5.97 Å². The van der Waals surface area contributed by atoms with Crippen LogP contribution in [-0.2, 0) is 13.1 Å². The Kier molecular flexibility index (Phi) is 7.22. The fourth-order valence-corrected chi connectivity index (χ4v) is 3.38. The van der Waals surface area contributed by atoms with Crippen molar-refractivity contribution in [1.82, 2.24) is 4.57 Å². The molecule has 0 saturated heterocycles. The van der Waals surface area contributed by atoms with Crippen molar-refractivity contribution in [3.8, 4) is 11.1 Å². The number of rotatable bonds is 10. The van der Waals surface area contributed by atoms with Crippen molar-refractivity contribution in [2.75, 3.05) is 5.32 Å². The van der Waals surface area contributed by atoms with E-state index in [9.17, 15) is 18.7 Å². The summed E-state index contributed by atoms with van der Waals surface area (Å²) in [6.45, 7) is 3.07. The third kappa shape index (κ3) is 5.47. The van der Waals surface area contributed by atoms with Gasteiger partial charge < -0.3 is 15.0 Å². The van der Waals surface area contributed by atoms with Gasteiger partial charge in [0, 0.05) is 42.2 Å². The van der Waals surface area contributed by atoms with Crippen LogP contribution in [0.1, 0.15) is 48.7 Å². The van der Waals surface area contributed by atoms with Crippen LogP contribution >= 0.6 is 0 Å². The largest absolute Gasteiger partial charge is 0.477 e. The Morgan fingerprint density at radius 3 is 2.43 bits per heavy atom. The highest BCUT2D eigenvalue weighted by Crippen LogP contribution is 2.25. The van der Waals surface area contributed by atoms with E-state index in [1.807, 2.05) is 30.5 Å². The van der Waals surface area contributed by atoms with Crippen LogP contribution in [0.25, 0.3) is 11.1 Å². The van der Waals surface area contributed by atoms with Crippen molar-refractivity contribution >= 4 is 11.7 Å². The molecule has 30 heavy (non-hydrogen) atoms. The summed E-state index contributed by atoms with van der Waals surface area (Å²) in [5.74, 6) is -2.12. The van der Waals surface area contributed by atoms with Gasteiger partial charge in [-0.3, -0.25) is 0 Å². The first-order chi connectivity index (χ1) is 14.5. The quantitative estimate of drug-likeness (QED) is 0.383. The Bertz CT molecular complexity index is 997. The van der Waals surface area contributed by atoms with Crippen molar-refractivity contribution in [1.29, 1.82) is 0 Å². The number of benzene rings is 2. The molecule has 1 aromatic heterocycles. The summed E-state index contributed by atoms with van der Waals surface area (Å²) in [5, 5.41) is 12.6. The minimum Gasteiger partial charge on any atom is -0.477 e. The van der Waals surface area contributed by atoms with Gasteiger partial charge in [0.2, 0.25) is 0 Å². The van der Waals surface area contributed by atoms with Crippen LogP contribution in [0.4, 0.5) is 14.5 Å². The molecule has 4 nitrogen and oxygen atoms in total. The predicted molar refractivity (Wildman–Crippen MR) is 115 cm³/mol. The van der Waals surface area contributed by atoms with Gasteiger partial charge in [-0.15, -0.1) is 0 Å². The SMILES string of the molecule is CCCCCCn1cc(-c2ccc(NCc3ccc(F)cc3F)cc2)cc1C(=O)O. The number of nitrogens with zero attached hydrogens (tertiary/aromatic N) is 1. The molecule has 1 heterocycles. The molecule has 3 aromatic rings. The maximum Gasteiger partial charge on any atom is 0.352 e. The number of carboxylic acid groups (broad SMARTS) is 1. The molecule has 0 radical (unpaired) electrons. The maximum atomic E-state index is 13.7. The third-order valence-corrected chi connectivity index (χ3v) is 5.08. The molecule has 158 valence electrons. The Morgan fingerprint density at radius 2 is 1.77 bits per heavy atom. The van der Waals surface area contributed by atoms with E-state index in [4.69, 9.17) is 0 Å². The number of hydrogen-bond acceptors (Lipinski definition) is 2. The van der Waals surface area contributed by atoms with Gasteiger partial charge in [0.05, 0.1) is 0 Å². The van der Waals surface area contributed by atoms with Gasteiger partial charge in [-0.25, -0.2) is 13.6 Å². The fourth-order valence-electron chi connectivity index (χ4n) is 3.38. The summed E-state index contributed by atoms with van der Waals surface area (Å²) in [7, 11) is 0. The van der Waals surface area contributed by atoms with E-state index in [0.717, 1.165) is 48.6 Å². The van der Waals surface area contributed by atoms with E-state index in [1.165, 1.54) is 12.1 Å². The predicted octanol–water partition coefficient (Wildman–Crippen LogP) is 6.32. The fraction of sp³-hybridized carbons (Fsp3) is 0.292. The number of carbonyl (C=O) groups is 1. The minimum absolute atomic E-state index is 0.239. The molecule has 0 aliphatic carbocycles. The average molecular weight is 412 g/mol. The van der Waals surface area contributed by atoms with Gasteiger partial charge in [0.25, 0.3) is 0 Å².